The summed E-state index contributed by atoms with van der Waals surface area (Å²) in [6.45, 7) is 1.54. The van der Waals surface area contributed by atoms with Gasteiger partial charge >= 0.3 is 0 Å². The van der Waals surface area contributed by atoms with Crippen molar-refractivity contribution in [3.8, 4) is 0 Å². The first-order chi connectivity index (χ1) is 9.84. The van der Waals surface area contributed by atoms with Crippen LogP contribution in [-0.2, 0) is 0 Å². The van der Waals surface area contributed by atoms with Crippen LogP contribution in [0.2, 0.25) is 0 Å². The molecule has 0 aliphatic carbocycles. The lowest BCUT2D eigenvalue weighted by Crippen LogP contribution is -2.32. The highest BCUT2D eigenvalue weighted by molar-refractivity contribution is 7.99. The summed E-state index contributed by atoms with van der Waals surface area (Å²) in [5, 5.41) is 0.347. The Kier molecular flexibility index (Phi) is 4.06. The van der Waals surface area contributed by atoms with Crippen LogP contribution in [0.25, 0.3) is 0 Å². The topological polar surface area (TPSA) is 46.3 Å². The number of amides is 1. The zero-order chi connectivity index (χ0) is 13.8. The summed E-state index contributed by atoms with van der Waals surface area (Å²) >= 11 is 1.86. The van der Waals surface area contributed by atoms with Gasteiger partial charge in [0.2, 0.25) is 0 Å². The van der Waals surface area contributed by atoms with E-state index in [9.17, 15) is 4.79 Å². The first-order valence-electron chi connectivity index (χ1n) is 6.69. The molecule has 0 saturated carbocycles. The molecular weight excluding hydrogens is 272 g/mol. The quantitative estimate of drug-likeness (QED) is 0.852. The van der Waals surface area contributed by atoms with Gasteiger partial charge in [0.1, 0.15) is 5.76 Å². The summed E-state index contributed by atoms with van der Waals surface area (Å²) in [4.78, 5) is 18.3. The van der Waals surface area contributed by atoms with Crippen LogP contribution in [0, 0.1) is 0 Å². The highest BCUT2D eigenvalue weighted by atomic mass is 32.2. The lowest BCUT2D eigenvalue weighted by Gasteiger charge is -2.20. The number of carbonyl (C=O) groups is 1. The molecule has 1 fully saturated rings. The van der Waals surface area contributed by atoms with Crippen molar-refractivity contribution in [2.45, 2.75) is 11.7 Å². The van der Waals surface area contributed by atoms with Crippen LogP contribution < -0.4 is 0 Å². The van der Waals surface area contributed by atoms with Crippen LogP contribution >= 0.6 is 11.8 Å². The number of furan rings is 1. The van der Waals surface area contributed by atoms with Crippen molar-refractivity contribution in [2.24, 2.45) is 0 Å². The van der Waals surface area contributed by atoms with E-state index >= 15 is 0 Å². The number of hydrogen-bond acceptors (Lipinski definition) is 4. The van der Waals surface area contributed by atoms with Gasteiger partial charge in [0.05, 0.1) is 11.5 Å². The number of hydrogen-bond donors (Lipinski definition) is 0. The third kappa shape index (κ3) is 2.88. The van der Waals surface area contributed by atoms with Crippen molar-refractivity contribution >= 4 is 17.7 Å². The Morgan fingerprint density at radius 1 is 1.30 bits per heavy atom. The molecule has 0 aromatic carbocycles. The normalized spacial score (nSPS) is 19.6. The molecule has 20 heavy (non-hydrogen) atoms. The minimum atomic E-state index is 0.0908. The minimum Gasteiger partial charge on any atom is -0.468 e. The van der Waals surface area contributed by atoms with Gasteiger partial charge in [-0.05, 0) is 30.7 Å². The molecule has 3 rings (SSSR count). The van der Waals surface area contributed by atoms with E-state index in [1.807, 2.05) is 28.8 Å². The largest absolute Gasteiger partial charge is 0.468 e. The third-order valence-electron chi connectivity index (χ3n) is 3.42. The van der Waals surface area contributed by atoms with Gasteiger partial charge in [0, 0.05) is 36.8 Å². The SMILES string of the molecule is O=C(c1ccncc1)N1CCS[C@H](c2ccco2)CC1. The first-order valence-corrected chi connectivity index (χ1v) is 7.74. The summed E-state index contributed by atoms with van der Waals surface area (Å²) in [6, 6.07) is 7.47. The second-order valence-corrected chi connectivity index (χ2v) is 6.00. The Balaban J connectivity index is 1.67. The average Bonchev–Trinajstić information content (AvgIpc) is 2.92. The number of thioether (sulfide) groups is 1. The van der Waals surface area contributed by atoms with E-state index in [2.05, 4.69) is 4.98 Å². The molecule has 1 aliphatic rings. The Hall–Kier alpha value is -1.75. The van der Waals surface area contributed by atoms with E-state index in [0.717, 1.165) is 31.0 Å². The van der Waals surface area contributed by atoms with Crippen molar-refractivity contribution in [3.63, 3.8) is 0 Å². The molecule has 0 radical (unpaired) electrons. The van der Waals surface area contributed by atoms with E-state index in [0.29, 0.717) is 10.8 Å². The zero-order valence-corrected chi connectivity index (χ0v) is 11.9. The highest BCUT2D eigenvalue weighted by Gasteiger charge is 2.24. The lowest BCUT2D eigenvalue weighted by molar-refractivity contribution is 0.0766. The second kappa shape index (κ2) is 6.13. The maximum atomic E-state index is 12.4. The van der Waals surface area contributed by atoms with Gasteiger partial charge in [0.25, 0.3) is 5.91 Å². The molecule has 2 aromatic heterocycles. The van der Waals surface area contributed by atoms with Gasteiger partial charge in [-0.25, -0.2) is 0 Å². The molecule has 0 bridgehead atoms. The molecular formula is C15H16N2O2S. The smallest absolute Gasteiger partial charge is 0.253 e. The van der Waals surface area contributed by atoms with Crippen LogP contribution in [0.1, 0.15) is 27.8 Å². The first kappa shape index (κ1) is 13.2. The molecule has 0 N–H and O–H groups in total. The molecule has 1 amide bonds. The maximum absolute atomic E-state index is 12.4. The number of aromatic nitrogens is 1. The number of pyridine rings is 1. The molecule has 104 valence electrons. The molecule has 0 spiro atoms. The van der Waals surface area contributed by atoms with Crippen LogP contribution in [0.5, 0.6) is 0 Å². The Labute approximate surface area is 122 Å². The van der Waals surface area contributed by atoms with Crippen molar-refractivity contribution in [3.05, 3.63) is 54.2 Å². The average molecular weight is 288 g/mol. The minimum absolute atomic E-state index is 0.0908. The second-order valence-electron chi connectivity index (χ2n) is 4.69. The molecule has 1 saturated heterocycles. The van der Waals surface area contributed by atoms with Crippen molar-refractivity contribution in [1.82, 2.24) is 9.88 Å². The summed E-state index contributed by atoms with van der Waals surface area (Å²) in [6.07, 6.45) is 5.95. The van der Waals surface area contributed by atoms with E-state index in [-0.39, 0.29) is 5.91 Å². The Bertz CT molecular complexity index is 557. The molecule has 0 unspecified atom stereocenters. The summed E-state index contributed by atoms with van der Waals surface area (Å²) in [5.74, 6) is 2.03. The van der Waals surface area contributed by atoms with E-state index in [4.69, 9.17) is 4.42 Å². The molecule has 1 aliphatic heterocycles. The van der Waals surface area contributed by atoms with Crippen LogP contribution in [0.4, 0.5) is 0 Å². The van der Waals surface area contributed by atoms with Gasteiger partial charge in [-0.15, -0.1) is 11.8 Å². The lowest BCUT2D eigenvalue weighted by atomic mass is 10.2. The summed E-state index contributed by atoms with van der Waals surface area (Å²) in [7, 11) is 0. The number of rotatable bonds is 2. The Morgan fingerprint density at radius 2 is 2.15 bits per heavy atom. The monoisotopic (exact) mass is 288 g/mol. The van der Waals surface area contributed by atoms with Crippen molar-refractivity contribution in [2.75, 3.05) is 18.8 Å². The third-order valence-corrected chi connectivity index (χ3v) is 4.71. The van der Waals surface area contributed by atoms with Gasteiger partial charge in [-0.2, -0.15) is 0 Å². The molecule has 4 nitrogen and oxygen atoms in total. The van der Waals surface area contributed by atoms with Crippen molar-refractivity contribution < 1.29 is 9.21 Å². The molecule has 5 heteroatoms. The zero-order valence-electron chi connectivity index (χ0n) is 11.1. The van der Waals surface area contributed by atoms with E-state index in [1.165, 1.54) is 0 Å². The van der Waals surface area contributed by atoms with Crippen molar-refractivity contribution in [1.29, 1.82) is 0 Å². The molecule has 3 heterocycles. The molecule has 2 aromatic rings. The standard InChI is InChI=1S/C15H16N2O2S/c18-15(12-3-6-16-7-4-12)17-8-5-14(20-11-9-17)13-2-1-10-19-13/h1-4,6-7,10,14H,5,8-9,11H2/t14-/m0/s1. The van der Waals surface area contributed by atoms with Gasteiger partial charge < -0.3 is 9.32 Å². The predicted molar refractivity (Wildman–Crippen MR) is 78.7 cm³/mol. The fourth-order valence-corrected chi connectivity index (χ4v) is 3.53. The molecule has 1 atom stereocenters. The summed E-state index contributed by atoms with van der Waals surface area (Å²) in [5.41, 5.74) is 0.710. The maximum Gasteiger partial charge on any atom is 0.253 e. The van der Waals surface area contributed by atoms with Gasteiger partial charge in [-0.3, -0.25) is 9.78 Å². The van der Waals surface area contributed by atoms with Gasteiger partial charge in [-0.1, -0.05) is 0 Å². The van der Waals surface area contributed by atoms with E-state index < -0.39 is 0 Å². The fraction of sp³-hybridized carbons (Fsp3) is 0.333. The number of carbonyl (C=O) groups excluding carboxylic acids is 1. The van der Waals surface area contributed by atoms with Crippen LogP contribution in [0.15, 0.2) is 47.3 Å². The van der Waals surface area contributed by atoms with Crippen LogP contribution in [-0.4, -0.2) is 34.6 Å². The number of nitrogens with zero attached hydrogens (tertiary/aromatic N) is 2. The van der Waals surface area contributed by atoms with Gasteiger partial charge in [0.15, 0.2) is 0 Å². The van der Waals surface area contributed by atoms with Crippen LogP contribution in [0.3, 0.4) is 0 Å². The summed E-state index contributed by atoms with van der Waals surface area (Å²) < 4.78 is 5.48. The predicted octanol–water partition coefficient (Wildman–Crippen LogP) is 3.00. The van der Waals surface area contributed by atoms with E-state index in [1.54, 1.807) is 30.8 Å². The highest BCUT2D eigenvalue weighted by Crippen LogP contribution is 2.34. The fourth-order valence-electron chi connectivity index (χ4n) is 2.35. The Morgan fingerprint density at radius 3 is 2.90 bits per heavy atom.